The molecule has 4 unspecified atom stereocenters. The average molecular weight is 551 g/mol. The molecule has 0 radical (unpaired) electrons. The van der Waals surface area contributed by atoms with E-state index in [4.69, 9.17) is 11.5 Å². The number of rotatable bonds is 14. The Labute approximate surface area is 230 Å². The van der Waals surface area contributed by atoms with Crippen LogP contribution < -0.4 is 27.4 Å². The number of carboxylic acid groups (broad SMARTS) is 1. The van der Waals surface area contributed by atoms with Crippen LogP contribution in [0, 0.1) is 0 Å². The fourth-order valence-electron chi connectivity index (χ4n) is 4.16. The molecule has 0 aliphatic heterocycles. The van der Waals surface area contributed by atoms with E-state index in [9.17, 15) is 29.1 Å². The third kappa shape index (κ3) is 8.40. The molecular formula is C28H34N6O6. The van der Waals surface area contributed by atoms with Gasteiger partial charge in [-0.05, 0) is 30.5 Å². The summed E-state index contributed by atoms with van der Waals surface area (Å²) in [6.07, 6.45) is 1.75. The SMILES string of the molecule is CC(NC(=O)C(N)CCC(N)=O)C(=O)NC(Cc1c[nH]c2ccccc12)C(=O)NC(Cc1ccccc1)C(=O)O. The summed E-state index contributed by atoms with van der Waals surface area (Å²) in [6.45, 7) is 1.42. The van der Waals surface area contributed by atoms with Crippen molar-refractivity contribution in [3.05, 3.63) is 71.9 Å². The van der Waals surface area contributed by atoms with E-state index < -0.39 is 53.8 Å². The molecule has 40 heavy (non-hydrogen) atoms. The van der Waals surface area contributed by atoms with E-state index in [0.29, 0.717) is 0 Å². The maximum atomic E-state index is 13.4. The lowest BCUT2D eigenvalue weighted by Crippen LogP contribution is -2.57. The summed E-state index contributed by atoms with van der Waals surface area (Å²) in [4.78, 5) is 64.9. The van der Waals surface area contributed by atoms with E-state index in [1.54, 1.807) is 36.5 Å². The number of aromatic amines is 1. The molecule has 12 nitrogen and oxygen atoms in total. The number of fused-ring (bicyclic) bond motifs is 1. The van der Waals surface area contributed by atoms with Gasteiger partial charge in [-0.25, -0.2) is 4.79 Å². The lowest BCUT2D eigenvalue weighted by Gasteiger charge is -2.24. The highest BCUT2D eigenvalue weighted by molar-refractivity contribution is 5.94. The summed E-state index contributed by atoms with van der Waals surface area (Å²) in [6, 6.07) is 11.7. The largest absolute Gasteiger partial charge is 0.480 e. The van der Waals surface area contributed by atoms with E-state index in [1.807, 2.05) is 24.3 Å². The molecule has 2 aromatic carbocycles. The summed E-state index contributed by atoms with van der Waals surface area (Å²) in [7, 11) is 0. The predicted octanol–water partition coefficient (Wildman–Crippen LogP) is 0.105. The molecule has 4 atom stereocenters. The molecule has 12 heteroatoms. The summed E-state index contributed by atoms with van der Waals surface area (Å²) in [5, 5.41) is 18.3. The van der Waals surface area contributed by atoms with Gasteiger partial charge in [0.15, 0.2) is 0 Å². The van der Waals surface area contributed by atoms with Crippen LogP contribution in [0.5, 0.6) is 0 Å². The number of nitrogens with two attached hydrogens (primary N) is 2. The molecule has 0 aliphatic rings. The maximum Gasteiger partial charge on any atom is 0.326 e. The average Bonchev–Trinajstić information content (AvgIpc) is 3.33. The first-order chi connectivity index (χ1) is 19.0. The van der Waals surface area contributed by atoms with Gasteiger partial charge in [0.2, 0.25) is 23.6 Å². The van der Waals surface area contributed by atoms with Crippen molar-refractivity contribution in [3.8, 4) is 0 Å². The molecule has 1 aromatic heterocycles. The van der Waals surface area contributed by atoms with Crippen LogP contribution in [-0.2, 0) is 36.8 Å². The number of carbonyl (C=O) groups excluding carboxylic acids is 4. The number of benzene rings is 2. The molecule has 0 saturated carbocycles. The normalized spacial score (nSPS) is 13.9. The van der Waals surface area contributed by atoms with E-state index in [1.165, 1.54) is 6.92 Å². The Morgan fingerprint density at radius 2 is 1.50 bits per heavy atom. The van der Waals surface area contributed by atoms with Crippen LogP contribution in [0.3, 0.4) is 0 Å². The fraction of sp³-hybridized carbons (Fsp3) is 0.321. The highest BCUT2D eigenvalue weighted by Gasteiger charge is 2.30. The van der Waals surface area contributed by atoms with E-state index >= 15 is 0 Å². The number of aliphatic carboxylic acids is 1. The zero-order valence-corrected chi connectivity index (χ0v) is 22.1. The molecule has 0 aliphatic carbocycles. The Morgan fingerprint density at radius 1 is 0.850 bits per heavy atom. The highest BCUT2D eigenvalue weighted by Crippen LogP contribution is 2.19. The van der Waals surface area contributed by atoms with Gasteiger partial charge in [0, 0.05) is 36.4 Å². The molecule has 0 fully saturated rings. The van der Waals surface area contributed by atoms with Gasteiger partial charge in [0.25, 0.3) is 0 Å². The third-order valence-electron chi connectivity index (χ3n) is 6.42. The van der Waals surface area contributed by atoms with Crippen molar-refractivity contribution in [3.63, 3.8) is 0 Å². The second kappa shape index (κ2) is 13.9. The minimum Gasteiger partial charge on any atom is -0.480 e. The summed E-state index contributed by atoms with van der Waals surface area (Å²) in [5.41, 5.74) is 13.2. The highest BCUT2D eigenvalue weighted by atomic mass is 16.4. The summed E-state index contributed by atoms with van der Waals surface area (Å²) in [5.74, 6) is -3.86. The van der Waals surface area contributed by atoms with Crippen molar-refractivity contribution >= 4 is 40.5 Å². The third-order valence-corrected chi connectivity index (χ3v) is 6.42. The lowest BCUT2D eigenvalue weighted by molar-refractivity contribution is -0.142. The van der Waals surface area contributed by atoms with Crippen LogP contribution in [0.4, 0.5) is 0 Å². The van der Waals surface area contributed by atoms with Crippen molar-refractivity contribution < 1.29 is 29.1 Å². The van der Waals surface area contributed by atoms with Crippen LogP contribution >= 0.6 is 0 Å². The molecule has 9 N–H and O–H groups in total. The molecule has 0 bridgehead atoms. The fourth-order valence-corrected chi connectivity index (χ4v) is 4.16. The first-order valence-corrected chi connectivity index (χ1v) is 12.8. The van der Waals surface area contributed by atoms with Gasteiger partial charge in [-0.3, -0.25) is 19.2 Å². The van der Waals surface area contributed by atoms with Crippen molar-refractivity contribution in [1.82, 2.24) is 20.9 Å². The first-order valence-electron chi connectivity index (χ1n) is 12.8. The number of hydrogen-bond acceptors (Lipinski definition) is 6. The number of nitrogens with one attached hydrogen (secondary N) is 4. The Bertz CT molecular complexity index is 1360. The molecule has 1 heterocycles. The topological polar surface area (TPSA) is 209 Å². The van der Waals surface area contributed by atoms with Crippen LogP contribution in [-0.4, -0.2) is 63.9 Å². The quantitative estimate of drug-likeness (QED) is 0.147. The Balaban J connectivity index is 1.76. The van der Waals surface area contributed by atoms with Crippen molar-refractivity contribution in [1.29, 1.82) is 0 Å². The number of para-hydroxylation sites is 1. The standard InChI is InChI=1S/C28H34N6O6/c1-16(32-26(37)20(29)11-12-24(30)35)25(36)33-22(14-18-15-31-21-10-6-5-9-19(18)21)27(38)34-23(28(39)40)13-17-7-3-2-4-8-17/h2-10,15-16,20,22-23,31H,11-14,29H2,1H3,(H2,30,35)(H,32,37)(H,33,36)(H,34,38)(H,39,40). The van der Waals surface area contributed by atoms with Gasteiger partial charge in [-0.15, -0.1) is 0 Å². The maximum absolute atomic E-state index is 13.4. The molecule has 4 amide bonds. The molecule has 212 valence electrons. The molecular weight excluding hydrogens is 516 g/mol. The molecule has 0 spiro atoms. The van der Waals surface area contributed by atoms with Gasteiger partial charge < -0.3 is 37.5 Å². The smallest absolute Gasteiger partial charge is 0.326 e. The first kappa shape index (κ1) is 29.8. The second-order valence-electron chi connectivity index (χ2n) is 9.56. The molecule has 3 aromatic rings. The number of H-pyrrole nitrogens is 1. The molecule has 3 rings (SSSR count). The lowest BCUT2D eigenvalue weighted by atomic mass is 10.0. The zero-order valence-electron chi connectivity index (χ0n) is 22.1. The van der Waals surface area contributed by atoms with E-state index in [2.05, 4.69) is 20.9 Å². The minimum atomic E-state index is -1.24. The monoisotopic (exact) mass is 550 g/mol. The van der Waals surface area contributed by atoms with Gasteiger partial charge in [-0.1, -0.05) is 48.5 Å². The van der Waals surface area contributed by atoms with Gasteiger partial charge in [0.05, 0.1) is 6.04 Å². The Hall–Kier alpha value is -4.71. The van der Waals surface area contributed by atoms with Crippen LogP contribution in [0.15, 0.2) is 60.8 Å². The number of hydrogen-bond donors (Lipinski definition) is 7. The summed E-state index contributed by atoms with van der Waals surface area (Å²) < 4.78 is 0. The number of aromatic nitrogens is 1. The number of carbonyl (C=O) groups is 5. The Morgan fingerprint density at radius 3 is 2.17 bits per heavy atom. The zero-order chi connectivity index (χ0) is 29.2. The van der Waals surface area contributed by atoms with Gasteiger partial charge >= 0.3 is 5.97 Å². The van der Waals surface area contributed by atoms with Crippen molar-refractivity contribution in [2.24, 2.45) is 11.5 Å². The van der Waals surface area contributed by atoms with E-state index in [0.717, 1.165) is 22.0 Å². The molecule has 0 saturated heterocycles. The number of primary amides is 1. The summed E-state index contributed by atoms with van der Waals surface area (Å²) >= 11 is 0. The van der Waals surface area contributed by atoms with Gasteiger partial charge in [-0.2, -0.15) is 0 Å². The van der Waals surface area contributed by atoms with Crippen LogP contribution in [0.25, 0.3) is 10.9 Å². The predicted molar refractivity (Wildman–Crippen MR) is 148 cm³/mol. The number of amides is 4. The Kier molecular flexibility index (Phi) is 10.4. The van der Waals surface area contributed by atoms with Crippen molar-refractivity contribution in [2.75, 3.05) is 0 Å². The van der Waals surface area contributed by atoms with Crippen LogP contribution in [0.1, 0.15) is 30.9 Å². The van der Waals surface area contributed by atoms with Gasteiger partial charge in [0.1, 0.15) is 18.1 Å². The minimum absolute atomic E-state index is 0.0130. The van der Waals surface area contributed by atoms with Crippen LogP contribution in [0.2, 0.25) is 0 Å². The number of carboxylic acids is 1. The van der Waals surface area contributed by atoms with E-state index in [-0.39, 0.29) is 25.7 Å². The second-order valence-corrected chi connectivity index (χ2v) is 9.56. The van der Waals surface area contributed by atoms with Crippen molar-refractivity contribution in [2.45, 2.75) is 56.8 Å².